The number of carbonyl (C=O) groups is 3. The number of rotatable bonds is 7. The van der Waals surface area contributed by atoms with Crippen molar-refractivity contribution in [3.05, 3.63) is 0 Å². The molecule has 1 heterocycles. The zero-order chi connectivity index (χ0) is 15.8. The van der Waals surface area contributed by atoms with Gasteiger partial charge in [-0.3, -0.25) is 14.4 Å². The maximum atomic E-state index is 12.1. The lowest BCUT2D eigenvalue weighted by atomic mass is 9.98. The summed E-state index contributed by atoms with van der Waals surface area (Å²) in [6, 6.07) is 0. The highest BCUT2D eigenvalue weighted by molar-refractivity contribution is 5.85. The number of aliphatic carboxylic acids is 1. The van der Waals surface area contributed by atoms with E-state index in [2.05, 4.69) is 0 Å². The molecule has 1 unspecified atom stereocenters. The van der Waals surface area contributed by atoms with Gasteiger partial charge in [0.2, 0.25) is 11.8 Å². The molecule has 7 heteroatoms. The standard InChI is InChI=1S/C14H24N2O5/c1-15(12(17)6-4-8-21-2)10-13(18)16-7-3-5-11(9-16)14(19)20/h11H,3-10H2,1-2H3,(H,19,20). The third-order valence-electron chi connectivity index (χ3n) is 3.66. The number of nitrogens with zero attached hydrogens (tertiary/aromatic N) is 2. The second kappa shape index (κ2) is 8.61. The van der Waals surface area contributed by atoms with E-state index >= 15 is 0 Å². The molecule has 0 spiro atoms. The third-order valence-corrected chi connectivity index (χ3v) is 3.66. The summed E-state index contributed by atoms with van der Waals surface area (Å²) < 4.78 is 4.88. The highest BCUT2D eigenvalue weighted by atomic mass is 16.5. The lowest BCUT2D eigenvalue weighted by Crippen LogP contribution is -2.46. The van der Waals surface area contributed by atoms with Crippen molar-refractivity contribution >= 4 is 17.8 Å². The number of likely N-dealkylation sites (N-methyl/N-ethyl adjacent to an activating group) is 1. The van der Waals surface area contributed by atoms with Crippen LogP contribution in [-0.2, 0) is 19.1 Å². The number of hydrogen-bond donors (Lipinski definition) is 1. The molecule has 0 aliphatic carbocycles. The maximum Gasteiger partial charge on any atom is 0.308 e. The zero-order valence-electron chi connectivity index (χ0n) is 12.7. The van der Waals surface area contributed by atoms with E-state index in [4.69, 9.17) is 9.84 Å². The van der Waals surface area contributed by atoms with E-state index in [0.29, 0.717) is 38.8 Å². The molecule has 1 aliphatic rings. The molecule has 0 saturated carbocycles. The summed E-state index contributed by atoms with van der Waals surface area (Å²) in [7, 11) is 3.17. The van der Waals surface area contributed by atoms with Crippen molar-refractivity contribution in [3.63, 3.8) is 0 Å². The molecule has 120 valence electrons. The minimum atomic E-state index is -0.864. The number of methoxy groups -OCH3 is 1. The van der Waals surface area contributed by atoms with Gasteiger partial charge in [0, 0.05) is 40.3 Å². The molecule has 1 fully saturated rings. The minimum Gasteiger partial charge on any atom is -0.481 e. The van der Waals surface area contributed by atoms with Gasteiger partial charge < -0.3 is 19.6 Å². The molecule has 1 saturated heterocycles. The third kappa shape index (κ3) is 5.71. The van der Waals surface area contributed by atoms with Gasteiger partial charge in [0.15, 0.2) is 0 Å². The highest BCUT2D eigenvalue weighted by Gasteiger charge is 2.28. The topological polar surface area (TPSA) is 87.2 Å². The maximum absolute atomic E-state index is 12.1. The first-order chi connectivity index (χ1) is 9.95. The Labute approximate surface area is 124 Å². The molecule has 0 radical (unpaired) electrons. The molecule has 7 nitrogen and oxygen atoms in total. The van der Waals surface area contributed by atoms with Gasteiger partial charge >= 0.3 is 5.97 Å². The van der Waals surface area contributed by atoms with Gasteiger partial charge in [0.25, 0.3) is 0 Å². The summed E-state index contributed by atoms with van der Waals surface area (Å²) >= 11 is 0. The Bertz CT molecular complexity index is 386. The van der Waals surface area contributed by atoms with E-state index in [9.17, 15) is 14.4 Å². The van der Waals surface area contributed by atoms with Crippen LogP contribution in [0.1, 0.15) is 25.7 Å². The lowest BCUT2D eigenvalue weighted by molar-refractivity contribution is -0.147. The van der Waals surface area contributed by atoms with Gasteiger partial charge in [-0.1, -0.05) is 0 Å². The minimum absolute atomic E-state index is 0.00183. The predicted octanol–water partition coefficient (Wildman–Crippen LogP) is 0.195. The van der Waals surface area contributed by atoms with Crippen LogP contribution in [0.15, 0.2) is 0 Å². The number of ether oxygens (including phenoxy) is 1. The fourth-order valence-electron chi connectivity index (χ4n) is 2.35. The lowest BCUT2D eigenvalue weighted by Gasteiger charge is -2.32. The van der Waals surface area contributed by atoms with Crippen molar-refractivity contribution < 1.29 is 24.2 Å². The van der Waals surface area contributed by atoms with Crippen molar-refractivity contribution in [1.82, 2.24) is 9.80 Å². The first-order valence-electron chi connectivity index (χ1n) is 7.19. The van der Waals surface area contributed by atoms with Gasteiger partial charge in [-0.15, -0.1) is 0 Å². The van der Waals surface area contributed by atoms with Crippen molar-refractivity contribution in [2.24, 2.45) is 5.92 Å². The molecule has 0 bridgehead atoms. The average Bonchev–Trinajstić information content (AvgIpc) is 2.47. The number of carboxylic acids is 1. The number of amides is 2. The van der Waals surface area contributed by atoms with Crippen molar-refractivity contribution in [2.45, 2.75) is 25.7 Å². The van der Waals surface area contributed by atoms with Gasteiger partial charge in [-0.25, -0.2) is 0 Å². The average molecular weight is 300 g/mol. The second-order valence-corrected chi connectivity index (χ2v) is 5.36. The molecule has 1 aliphatic heterocycles. The SMILES string of the molecule is COCCCC(=O)N(C)CC(=O)N1CCCC(C(=O)O)C1. The van der Waals surface area contributed by atoms with Crippen LogP contribution in [0.5, 0.6) is 0 Å². The molecular weight excluding hydrogens is 276 g/mol. The fraction of sp³-hybridized carbons (Fsp3) is 0.786. The van der Waals surface area contributed by atoms with Gasteiger partial charge in [-0.2, -0.15) is 0 Å². The smallest absolute Gasteiger partial charge is 0.308 e. The molecule has 1 N–H and O–H groups in total. The van der Waals surface area contributed by atoms with E-state index in [-0.39, 0.29) is 24.9 Å². The van der Waals surface area contributed by atoms with E-state index in [1.54, 1.807) is 19.1 Å². The molecule has 0 aromatic heterocycles. The number of piperidine rings is 1. The molecule has 0 aromatic rings. The Morgan fingerprint density at radius 3 is 2.71 bits per heavy atom. The summed E-state index contributed by atoms with van der Waals surface area (Å²) in [6.45, 7) is 1.31. The van der Waals surface area contributed by atoms with Crippen molar-refractivity contribution in [2.75, 3.05) is 40.4 Å². The Morgan fingerprint density at radius 2 is 2.10 bits per heavy atom. The van der Waals surface area contributed by atoms with E-state index in [0.717, 1.165) is 0 Å². The van der Waals surface area contributed by atoms with Crippen molar-refractivity contribution in [3.8, 4) is 0 Å². The normalized spacial score (nSPS) is 18.4. The Morgan fingerprint density at radius 1 is 1.38 bits per heavy atom. The Kier molecular flexibility index (Phi) is 7.14. The molecule has 1 atom stereocenters. The number of carbonyl (C=O) groups excluding carboxylic acids is 2. The first-order valence-corrected chi connectivity index (χ1v) is 7.19. The molecular formula is C14H24N2O5. The zero-order valence-corrected chi connectivity index (χ0v) is 12.7. The Hall–Kier alpha value is -1.63. The second-order valence-electron chi connectivity index (χ2n) is 5.36. The van der Waals surface area contributed by atoms with E-state index in [1.807, 2.05) is 0 Å². The Balaban J connectivity index is 2.41. The predicted molar refractivity (Wildman–Crippen MR) is 75.7 cm³/mol. The number of likely N-dealkylation sites (tertiary alicyclic amines) is 1. The fourth-order valence-corrected chi connectivity index (χ4v) is 2.35. The van der Waals surface area contributed by atoms with Crippen LogP contribution in [-0.4, -0.2) is 73.1 Å². The van der Waals surface area contributed by atoms with Crippen LogP contribution in [0.3, 0.4) is 0 Å². The molecule has 2 amide bonds. The first kappa shape index (κ1) is 17.4. The summed E-state index contributed by atoms with van der Waals surface area (Å²) in [5.74, 6) is -1.65. The summed E-state index contributed by atoms with van der Waals surface area (Å²) in [6.07, 6.45) is 2.26. The van der Waals surface area contributed by atoms with Crippen LogP contribution in [0.2, 0.25) is 0 Å². The monoisotopic (exact) mass is 300 g/mol. The quantitative estimate of drug-likeness (QED) is 0.678. The van der Waals surface area contributed by atoms with Crippen molar-refractivity contribution in [1.29, 1.82) is 0 Å². The van der Waals surface area contributed by atoms with E-state index in [1.165, 1.54) is 4.90 Å². The summed E-state index contributed by atoms with van der Waals surface area (Å²) in [4.78, 5) is 37.9. The van der Waals surface area contributed by atoms with Crippen LogP contribution >= 0.6 is 0 Å². The van der Waals surface area contributed by atoms with Gasteiger partial charge in [-0.05, 0) is 19.3 Å². The number of carboxylic acid groups (broad SMARTS) is 1. The van der Waals surface area contributed by atoms with Crippen LogP contribution in [0.25, 0.3) is 0 Å². The van der Waals surface area contributed by atoms with Crippen LogP contribution < -0.4 is 0 Å². The largest absolute Gasteiger partial charge is 0.481 e. The molecule has 0 aromatic carbocycles. The van der Waals surface area contributed by atoms with Gasteiger partial charge in [0.05, 0.1) is 12.5 Å². The molecule has 21 heavy (non-hydrogen) atoms. The highest BCUT2D eigenvalue weighted by Crippen LogP contribution is 2.16. The van der Waals surface area contributed by atoms with E-state index < -0.39 is 11.9 Å². The molecule has 1 rings (SSSR count). The number of hydrogen-bond acceptors (Lipinski definition) is 4. The summed E-state index contributed by atoms with van der Waals surface area (Å²) in [5, 5.41) is 9.01. The van der Waals surface area contributed by atoms with Crippen LogP contribution in [0, 0.1) is 5.92 Å². The van der Waals surface area contributed by atoms with Crippen LogP contribution in [0.4, 0.5) is 0 Å². The summed E-state index contributed by atoms with van der Waals surface area (Å²) in [5.41, 5.74) is 0. The van der Waals surface area contributed by atoms with Gasteiger partial charge in [0.1, 0.15) is 0 Å².